The maximum absolute atomic E-state index is 13.7. The van der Waals surface area contributed by atoms with Crippen LogP contribution in [0.1, 0.15) is 50.7 Å². The Morgan fingerprint density at radius 1 is 1.44 bits per heavy atom. The van der Waals surface area contributed by atoms with Crippen molar-refractivity contribution in [1.82, 2.24) is 4.98 Å². The van der Waals surface area contributed by atoms with E-state index in [1.165, 1.54) is 12.3 Å². The molecule has 0 saturated heterocycles. The van der Waals surface area contributed by atoms with Crippen LogP contribution in [0, 0.1) is 5.82 Å². The van der Waals surface area contributed by atoms with Crippen LogP contribution in [-0.2, 0) is 4.74 Å². The highest BCUT2D eigenvalue weighted by atomic mass is 19.1. The molecule has 1 saturated carbocycles. The Labute approximate surface area is 107 Å². The van der Waals surface area contributed by atoms with E-state index >= 15 is 0 Å². The summed E-state index contributed by atoms with van der Waals surface area (Å²) in [6.45, 7) is 2.44. The molecule has 0 amide bonds. The van der Waals surface area contributed by atoms with Gasteiger partial charge in [0, 0.05) is 18.4 Å². The number of aromatic nitrogens is 1. The Morgan fingerprint density at radius 3 is 2.78 bits per heavy atom. The van der Waals surface area contributed by atoms with Crippen LogP contribution in [0.3, 0.4) is 0 Å². The molecule has 0 spiro atoms. The van der Waals surface area contributed by atoms with Crippen molar-refractivity contribution in [2.75, 3.05) is 6.61 Å². The Kier molecular flexibility index (Phi) is 4.30. The summed E-state index contributed by atoms with van der Waals surface area (Å²) >= 11 is 0. The Morgan fingerprint density at radius 2 is 2.17 bits per heavy atom. The maximum atomic E-state index is 13.7. The fraction of sp³-hybridized carbons (Fsp3) is 0.643. The molecule has 2 rings (SSSR count). The molecule has 0 aliphatic heterocycles. The van der Waals surface area contributed by atoms with Gasteiger partial charge < -0.3 is 9.84 Å². The Hall–Kier alpha value is -1.00. The summed E-state index contributed by atoms with van der Waals surface area (Å²) in [6, 6.07) is 1.54. The van der Waals surface area contributed by atoms with E-state index in [1.807, 2.05) is 6.92 Å². The van der Waals surface area contributed by atoms with Gasteiger partial charge in [0.15, 0.2) is 0 Å². The third kappa shape index (κ3) is 2.54. The van der Waals surface area contributed by atoms with Crippen molar-refractivity contribution in [2.45, 2.75) is 50.7 Å². The first-order valence-electron chi connectivity index (χ1n) is 6.61. The number of pyridine rings is 1. The smallest absolute Gasteiger partial charge is 0.147 e. The molecule has 0 bridgehead atoms. The van der Waals surface area contributed by atoms with E-state index in [4.69, 9.17) is 4.74 Å². The van der Waals surface area contributed by atoms with Gasteiger partial charge >= 0.3 is 0 Å². The maximum Gasteiger partial charge on any atom is 0.147 e. The zero-order valence-corrected chi connectivity index (χ0v) is 10.7. The fourth-order valence-corrected chi connectivity index (χ4v) is 2.83. The number of aliphatic hydroxyl groups excluding tert-OH is 1. The molecule has 1 heterocycles. The average molecular weight is 253 g/mol. The first-order valence-corrected chi connectivity index (χ1v) is 6.61. The lowest BCUT2D eigenvalue weighted by molar-refractivity contribution is -0.142. The summed E-state index contributed by atoms with van der Waals surface area (Å²) in [7, 11) is 0. The van der Waals surface area contributed by atoms with Gasteiger partial charge in [-0.2, -0.15) is 0 Å². The van der Waals surface area contributed by atoms with Gasteiger partial charge in [0.1, 0.15) is 11.9 Å². The zero-order valence-electron chi connectivity index (χ0n) is 10.7. The second kappa shape index (κ2) is 5.76. The molecule has 1 unspecified atom stereocenters. The highest BCUT2D eigenvalue weighted by Crippen LogP contribution is 2.41. The molecule has 3 nitrogen and oxygen atoms in total. The van der Waals surface area contributed by atoms with E-state index in [2.05, 4.69) is 4.98 Å². The van der Waals surface area contributed by atoms with Crippen LogP contribution in [-0.4, -0.2) is 22.3 Å². The highest BCUT2D eigenvalue weighted by Gasteiger charge is 2.41. The largest absolute Gasteiger partial charge is 0.385 e. The van der Waals surface area contributed by atoms with Crippen LogP contribution >= 0.6 is 0 Å². The first-order chi connectivity index (χ1) is 8.69. The molecule has 100 valence electrons. The van der Waals surface area contributed by atoms with Gasteiger partial charge in [0.25, 0.3) is 0 Å². The zero-order chi connectivity index (χ0) is 13.0. The van der Waals surface area contributed by atoms with Gasteiger partial charge in [0.2, 0.25) is 0 Å². The minimum atomic E-state index is -0.916. The summed E-state index contributed by atoms with van der Waals surface area (Å²) in [4.78, 5) is 3.71. The lowest BCUT2D eigenvalue weighted by Crippen LogP contribution is -2.41. The van der Waals surface area contributed by atoms with Crippen LogP contribution < -0.4 is 0 Å². The van der Waals surface area contributed by atoms with E-state index in [0.29, 0.717) is 12.2 Å². The molecule has 0 aromatic carbocycles. The Balaban J connectivity index is 2.28. The minimum Gasteiger partial charge on any atom is -0.385 e. The highest BCUT2D eigenvalue weighted by molar-refractivity contribution is 5.19. The first kappa shape index (κ1) is 13.4. The van der Waals surface area contributed by atoms with Crippen molar-refractivity contribution in [1.29, 1.82) is 0 Å². The van der Waals surface area contributed by atoms with E-state index in [0.717, 1.165) is 38.3 Å². The summed E-state index contributed by atoms with van der Waals surface area (Å²) in [5, 5.41) is 10.5. The molecule has 1 atom stereocenters. The summed E-state index contributed by atoms with van der Waals surface area (Å²) < 4.78 is 19.5. The normalized spacial score (nSPS) is 20.6. The van der Waals surface area contributed by atoms with Gasteiger partial charge in [-0.15, -0.1) is 0 Å². The molecule has 1 aliphatic carbocycles. The molecule has 4 heteroatoms. The standard InChI is InChI=1S/C14H20FNO2/c1-2-18-14(7-4-3-5-8-14)13(17)11-6-9-16-10-12(11)15/h6,9-10,13,17H,2-5,7-8H2,1H3. The van der Waals surface area contributed by atoms with E-state index in [1.54, 1.807) is 0 Å². The molecular formula is C14H20FNO2. The minimum absolute atomic E-state index is 0.292. The van der Waals surface area contributed by atoms with E-state index < -0.39 is 17.5 Å². The molecule has 1 aromatic heterocycles. The van der Waals surface area contributed by atoms with Gasteiger partial charge in [0.05, 0.1) is 11.8 Å². The summed E-state index contributed by atoms with van der Waals surface area (Å²) in [6.07, 6.45) is 6.48. The van der Waals surface area contributed by atoms with Crippen LogP contribution in [0.4, 0.5) is 4.39 Å². The average Bonchev–Trinajstić information content (AvgIpc) is 2.40. The third-order valence-corrected chi connectivity index (χ3v) is 3.73. The number of ether oxygens (including phenoxy) is 1. The van der Waals surface area contributed by atoms with Crippen LogP contribution in [0.25, 0.3) is 0 Å². The Bertz CT molecular complexity index is 386. The molecular weight excluding hydrogens is 233 g/mol. The topological polar surface area (TPSA) is 42.4 Å². The lowest BCUT2D eigenvalue weighted by atomic mass is 9.78. The molecule has 1 fully saturated rings. The van der Waals surface area contributed by atoms with E-state index in [-0.39, 0.29) is 0 Å². The number of aliphatic hydroxyl groups is 1. The predicted octanol–water partition coefficient (Wildman–Crippen LogP) is 2.99. The van der Waals surface area contributed by atoms with Crippen molar-refractivity contribution in [3.8, 4) is 0 Å². The number of hydrogen-bond donors (Lipinski definition) is 1. The number of halogens is 1. The SMILES string of the molecule is CCOC1(C(O)c2ccncc2F)CCCCC1. The molecule has 1 aromatic rings. The van der Waals surface area contributed by atoms with Crippen LogP contribution in [0.5, 0.6) is 0 Å². The second-order valence-electron chi connectivity index (χ2n) is 4.86. The van der Waals surface area contributed by atoms with Gasteiger partial charge in [-0.25, -0.2) is 4.39 Å². The van der Waals surface area contributed by atoms with Gasteiger partial charge in [-0.3, -0.25) is 4.98 Å². The summed E-state index contributed by atoms with van der Waals surface area (Å²) in [5.74, 6) is -0.463. The molecule has 1 aliphatic rings. The van der Waals surface area contributed by atoms with Crippen molar-refractivity contribution in [3.05, 3.63) is 29.8 Å². The van der Waals surface area contributed by atoms with Crippen molar-refractivity contribution < 1.29 is 14.2 Å². The predicted molar refractivity (Wildman–Crippen MR) is 66.6 cm³/mol. The molecule has 0 radical (unpaired) electrons. The van der Waals surface area contributed by atoms with Crippen LogP contribution in [0.15, 0.2) is 18.5 Å². The van der Waals surface area contributed by atoms with Gasteiger partial charge in [-0.1, -0.05) is 19.3 Å². The third-order valence-electron chi connectivity index (χ3n) is 3.73. The van der Waals surface area contributed by atoms with Crippen molar-refractivity contribution >= 4 is 0 Å². The quantitative estimate of drug-likeness (QED) is 0.897. The van der Waals surface area contributed by atoms with Crippen molar-refractivity contribution in [3.63, 3.8) is 0 Å². The number of rotatable bonds is 4. The van der Waals surface area contributed by atoms with E-state index in [9.17, 15) is 9.50 Å². The second-order valence-corrected chi connectivity index (χ2v) is 4.86. The lowest BCUT2D eigenvalue weighted by Gasteiger charge is -2.41. The van der Waals surface area contributed by atoms with Crippen LogP contribution in [0.2, 0.25) is 0 Å². The molecule has 1 N–H and O–H groups in total. The van der Waals surface area contributed by atoms with Gasteiger partial charge in [-0.05, 0) is 25.8 Å². The number of hydrogen-bond acceptors (Lipinski definition) is 3. The monoisotopic (exact) mass is 253 g/mol. The summed E-state index contributed by atoms with van der Waals surface area (Å²) in [5.41, 5.74) is -0.338. The van der Waals surface area contributed by atoms with Crippen molar-refractivity contribution in [2.24, 2.45) is 0 Å². The number of nitrogens with zero attached hydrogens (tertiary/aromatic N) is 1. The fourth-order valence-electron chi connectivity index (χ4n) is 2.83. The molecule has 18 heavy (non-hydrogen) atoms.